The molecule has 1 aliphatic carbocycles. The Balaban J connectivity index is 2.30. The molecule has 100 valence electrons. The number of nitrogens with two attached hydrogens (primary N) is 1. The lowest BCUT2D eigenvalue weighted by Crippen LogP contribution is -2.52. The summed E-state index contributed by atoms with van der Waals surface area (Å²) in [4.78, 5) is 0. The Morgan fingerprint density at radius 3 is 2.17 bits per heavy atom. The second-order valence-electron chi connectivity index (χ2n) is 6.48. The van der Waals surface area contributed by atoms with Crippen LogP contribution in [0.5, 0.6) is 0 Å². The van der Waals surface area contributed by atoms with Gasteiger partial charge in [0.05, 0.1) is 5.60 Å². The van der Waals surface area contributed by atoms with Crippen molar-refractivity contribution < 1.29 is 5.11 Å². The summed E-state index contributed by atoms with van der Waals surface area (Å²) < 4.78 is 0. The fraction of sp³-hybridized carbons (Fsp3) is 0.625. The fourth-order valence-corrected chi connectivity index (χ4v) is 3.45. The van der Waals surface area contributed by atoms with Gasteiger partial charge in [0, 0.05) is 12.0 Å². The van der Waals surface area contributed by atoms with E-state index in [1.807, 2.05) is 6.92 Å². The lowest BCUT2D eigenvalue weighted by atomic mass is 9.67. The Morgan fingerprint density at radius 1 is 1.28 bits per heavy atom. The summed E-state index contributed by atoms with van der Waals surface area (Å²) in [6, 6.07) is 8.47. The summed E-state index contributed by atoms with van der Waals surface area (Å²) in [6.45, 7) is 6.81. The molecule has 0 saturated carbocycles. The van der Waals surface area contributed by atoms with Crippen LogP contribution in [-0.2, 0) is 12.8 Å². The van der Waals surface area contributed by atoms with Gasteiger partial charge < -0.3 is 10.8 Å². The van der Waals surface area contributed by atoms with E-state index in [-0.39, 0.29) is 5.41 Å². The maximum atomic E-state index is 10.9. The lowest BCUT2D eigenvalue weighted by Gasteiger charge is -2.43. The molecule has 1 unspecified atom stereocenters. The number of rotatable bonds is 4. The quantitative estimate of drug-likeness (QED) is 0.859. The average Bonchev–Trinajstić information content (AvgIpc) is 2.67. The molecule has 1 aromatic rings. The molecule has 0 aromatic heterocycles. The minimum atomic E-state index is -0.699. The number of hydrogen-bond acceptors (Lipinski definition) is 2. The van der Waals surface area contributed by atoms with Crippen LogP contribution >= 0.6 is 0 Å². The van der Waals surface area contributed by atoms with Crippen LogP contribution in [0, 0.1) is 11.3 Å². The van der Waals surface area contributed by atoms with E-state index in [9.17, 15) is 5.11 Å². The zero-order chi connectivity index (χ0) is 13.4. The van der Waals surface area contributed by atoms with Gasteiger partial charge in [0.25, 0.3) is 0 Å². The van der Waals surface area contributed by atoms with E-state index in [0.717, 1.165) is 19.3 Å². The fourth-order valence-electron chi connectivity index (χ4n) is 3.45. The van der Waals surface area contributed by atoms with Crippen molar-refractivity contribution in [2.45, 2.75) is 45.6 Å². The maximum Gasteiger partial charge on any atom is 0.0696 e. The van der Waals surface area contributed by atoms with Crippen LogP contribution < -0.4 is 5.73 Å². The van der Waals surface area contributed by atoms with Crippen LogP contribution in [0.1, 0.15) is 38.3 Å². The monoisotopic (exact) mass is 247 g/mol. The molecule has 1 aliphatic rings. The summed E-state index contributed by atoms with van der Waals surface area (Å²) in [7, 11) is 0. The van der Waals surface area contributed by atoms with Gasteiger partial charge in [-0.25, -0.2) is 0 Å². The molecule has 3 N–H and O–H groups in total. The maximum absolute atomic E-state index is 10.9. The average molecular weight is 247 g/mol. The first-order valence-corrected chi connectivity index (χ1v) is 6.89. The van der Waals surface area contributed by atoms with E-state index in [4.69, 9.17) is 5.73 Å². The van der Waals surface area contributed by atoms with Crippen molar-refractivity contribution in [3.8, 4) is 0 Å². The number of fused-ring (bicyclic) bond motifs is 1. The van der Waals surface area contributed by atoms with Crippen LogP contribution in [-0.4, -0.2) is 17.3 Å². The van der Waals surface area contributed by atoms with E-state index in [0.29, 0.717) is 12.5 Å². The van der Waals surface area contributed by atoms with Crippen molar-refractivity contribution in [2.75, 3.05) is 6.54 Å². The molecule has 1 aromatic carbocycles. The first-order chi connectivity index (χ1) is 8.40. The third kappa shape index (κ3) is 2.19. The van der Waals surface area contributed by atoms with Gasteiger partial charge in [-0.2, -0.15) is 0 Å². The lowest BCUT2D eigenvalue weighted by molar-refractivity contribution is -0.0754. The highest BCUT2D eigenvalue weighted by atomic mass is 16.3. The van der Waals surface area contributed by atoms with Gasteiger partial charge in [0.15, 0.2) is 0 Å². The third-order valence-electron chi connectivity index (χ3n) is 4.52. The van der Waals surface area contributed by atoms with E-state index in [1.54, 1.807) is 0 Å². The molecule has 2 rings (SSSR count). The van der Waals surface area contributed by atoms with Crippen LogP contribution in [0.25, 0.3) is 0 Å². The van der Waals surface area contributed by atoms with E-state index in [1.165, 1.54) is 11.1 Å². The Morgan fingerprint density at radius 2 is 1.78 bits per heavy atom. The van der Waals surface area contributed by atoms with Gasteiger partial charge in [0.2, 0.25) is 0 Å². The molecule has 0 spiro atoms. The second-order valence-corrected chi connectivity index (χ2v) is 6.48. The van der Waals surface area contributed by atoms with Gasteiger partial charge in [-0.3, -0.25) is 0 Å². The van der Waals surface area contributed by atoms with Crippen molar-refractivity contribution in [3.05, 3.63) is 35.4 Å². The molecule has 2 nitrogen and oxygen atoms in total. The van der Waals surface area contributed by atoms with Crippen molar-refractivity contribution in [3.63, 3.8) is 0 Å². The number of aliphatic hydroxyl groups is 1. The van der Waals surface area contributed by atoms with Crippen LogP contribution in [0.3, 0.4) is 0 Å². The van der Waals surface area contributed by atoms with Gasteiger partial charge in [-0.05, 0) is 43.2 Å². The normalized spacial score (nSPS) is 20.8. The van der Waals surface area contributed by atoms with Crippen molar-refractivity contribution in [2.24, 2.45) is 17.1 Å². The summed E-state index contributed by atoms with van der Waals surface area (Å²) >= 11 is 0. The largest absolute Gasteiger partial charge is 0.390 e. The Kier molecular flexibility index (Phi) is 3.52. The Labute approximate surface area is 110 Å². The minimum Gasteiger partial charge on any atom is -0.390 e. The Hall–Kier alpha value is -0.860. The highest BCUT2D eigenvalue weighted by Crippen LogP contribution is 2.46. The molecule has 0 fully saturated rings. The molecule has 18 heavy (non-hydrogen) atoms. The molecular weight excluding hydrogens is 222 g/mol. The van der Waals surface area contributed by atoms with Gasteiger partial charge >= 0.3 is 0 Å². The standard InChI is InChI=1S/C16H25NO/c1-12(2)8-15(3,18)16(11-17)9-13-6-4-5-7-14(13)10-16/h4-7,12,18H,8-11,17H2,1-3H3. The van der Waals surface area contributed by atoms with Crippen molar-refractivity contribution >= 4 is 0 Å². The van der Waals surface area contributed by atoms with Gasteiger partial charge in [-0.15, -0.1) is 0 Å². The molecule has 0 saturated heterocycles. The smallest absolute Gasteiger partial charge is 0.0696 e. The summed E-state index contributed by atoms with van der Waals surface area (Å²) in [6.07, 6.45) is 2.61. The predicted octanol–water partition coefficient (Wildman–Crippen LogP) is 2.53. The van der Waals surface area contributed by atoms with Gasteiger partial charge in [0.1, 0.15) is 0 Å². The van der Waals surface area contributed by atoms with Gasteiger partial charge in [-0.1, -0.05) is 38.1 Å². The Bertz CT molecular complexity index is 398. The molecule has 0 radical (unpaired) electrons. The van der Waals surface area contributed by atoms with Crippen LogP contribution in [0.4, 0.5) is 0 Å². The summed E-state index contributed by atoms with van der Waals surface area (Å²) in [5.41, 5.74) is 7.86. The van der Waals surface area contributed by atoms with Crippen molar-refractivity contribution in [1.29, 1.82) is 0 Å². The zero-order valence-electron chi connectivity index (χ0n) is 11.7. The zero-order valence-corrected chi connectivity index (χ0v) is 11.7. The highest BCUT2D eigenvalue weighted by Gasteiger charge is 2.49. The van der Waals surface area contributed by atoms with E-state index < -0.39 is 5.60 Å². The van der Waals surface area contributed by atoms with Crippen LogP contribution in [0.2, 0.25) is 0 Å². The number of benzene rings is 1. The number of hydrogen-bond donors (Lipinski definition) is 2. The van der Waals surface area contributed by atoms with Crippen LogP contribution in [0.15, 0.2) is 24.3 Å². The topological polar surface area (TPSA) is 46.2 Å². The molecule has 0 bridgehead atoms. The van der Waals surface area contributed by atoms with E-state index >= 15 is 0 Å². The first-order valence-electron chi connectivity index (χ1n) is 6.89. The molecule has 0 aliphatic heterocycles. The third-order valence-corrected chi connectivity index (χ3v) is 4.52. The molecule has 1 atom stereocenters. The highest BCUT2D eigenvalue weighted by molar-refractivity contribution is 5.36. The van der Waals surface area contributed by atoms with Crippen molar-refractivity contribution in [1.82, 2.24) is 0 Å². The second kappa shape index (κ2) is 4.67. The molecule has 0 amide bonds. The molecule has 2 heteroatoms. The summed E-state index contributed by atoms with van der Waals surface area (Å²) in [5, 5.41) is 10.9. The predicted molar refractivity (Wildman–Crippen MR) is 75.4 cm³/mol. The molecule has 0 heterocycles. The minimum absolute atomic E-state index is 0.193. The summed E-state index contributed by atoms with van der Waals surface area (Å²) in [5.74, 6) is 0.479. The SMILES string of the molecule is CC(C)CC(C)(O)C1(CN)Cc2ccccc2C1. The first kappa shape index (κ1) is 13.6. The van der Waals surface area contributed by atoms with E-state index in [2.05, 4.69) is 38.1 Å². The molecular formula is C16H25NO.